The number of aromatic nitrogens is 2. The predicted molar refractivity (Wildman–Crippen MR) is 58.7 cm³/mol. The third-order valence-electron chi connectivity index (χ3n) is 2.16. The maximum Gasteiger partial charge on any atom is 0.247 e. The summed E-state index contributed by atoms with van der Waals surface area (Å²) in [4.78, 5) is 0. The fourth-order valence-corrected chi connectivity index (χ4v) is 1.85. The van der Waals surface area contributed by atoms with Crippen molar-refractivity contribution in [3.05, 3.63) is 28.6 Å². The second-order valence-corrected chi connectivity index (χ2v) is 3.79. The molecular weight excluding hydrogens is 260 g/mol. The molecule has 0 atom stereocenters. The summed E-state index contributed by atoms with van der Waals surface area (Å²) in [5.41, 5.74) is 1.92. The van der Waals surface area contributed by atoms with E-state index < -0.39 is 0 Å². The van der Waals surface area contributed by atoms with Gasteiger partial charge in [-0.15, -0.1) is 10.2 Å². The number of rotatable bonds is 2. The van der Waals surface area contributed by atoms with Crippen molar-refractivity contribution < 1.29 is 9.15 Å². The molecule has 0 fully saturated rings. The van der Waals surface area contributed by atoms with Crippen molar-refractivity contribution in [2.45, 2.75) is 6.92 Å². The van der Waals surface area contributed by atoms with E-state index in [2.05, 4.69) is 26.1 Å². The van der Waals surface area contributed by atoms with Gasteiger partial charge in [0, 0.05) is 5.56 Å². The second-order valence-electron chi connectivity index (χ2n) is 3.00. The molecule has 0 aliphatic heterocycles. The Morgan fingerprint density at radius 1 is 1.40 bits per heavy atom. The van der Waals surface area contributed by atoms with Crippen LogP contribution >= 0.6 is 15.9 Å². The van der Waals surface area contributed by atoms with Crippen molar-refractivity contribution in [2.24, 2.45) is 0 Å². The first-order valence-corrected chi connectivity index (χ1v) is 5.13. The standard InChI is InChI=1S/C10H9BrN2O2/c1-6-7(10-13-12-5-15-10)3-4-8(14-2)9(6)11/h3-5H,1-2H3. The van der Waals surface area contributed by atoms with Crippen LogP contribution in [0.3, 0.4) is 0 Å². The van der Waals surface area contributed by atoms with E-state index in [0.717, 1.165) is 21.3 Å². The number of hydrogen-bond acceptors (Lipinski definition) is 4. The maximum atomic E-state index is 5.18. The van der Waals surface area contributed by atoms with Crippen LogP contribution in [0.25, 0.3) is 11.5 Å². The van der Waals surface area contributed by atoms with E-state index in [1.165, 1.54) is 6.39 Å². The van der Waals surface area contributed by atoms with E-state index in [9.17, 15) is 0 Å². The third-order valence-corrected chi connectivity index (χ3v) is 3.15. The van der Waals surface area contributed by atoms with Crippen LogP contribution in [0, 0.1) is 6.92 Å². The molecule has 0 radical (unpaired) electrons. The van der Waals surface area contributed by atoms with Gasteiger partial charge in [0.1, 0.15) is 5.75 Å². The van der Waals surface area contributed by atoms with E-state index in [-0.39, 0.29) is 0 Å². The summed E-state index contributed by atoms with van der Waals surface area (Å²) in [6.45, 7) is 1.96. The van der Waals surface area contributed by atoms with E-state index in [1.807, 2.05) is 19.1 Å². The van der Waals surface area contributed by atoms with Gasteiger partial charge in [-0.05, 0) is 40.5 Å². The zero-order valence-corrected chi connectivity index (χ0v) is 9.91. The van der Waals surface area contributed by atoms with Crippen LogP contribution < -0.4 is 4.74 Å². The highest BCUT2D eigenvalue weighted by Gasteiger charge is 2.12. The van der Waals surface area contributed by atoms with Crippen LogP contribution in [-0.2, 0) is 0 Å². The first-order valence-electron chi connectivity index (χ1n) is 4.33. The first kappa shape index (κ1) is 10.2. The van der Waals surface area contributed by atoms with E-state index >= 15 is 0 Å². The van der Waals surface area contributed by atoms with Crippen LogP contribution in [0.4, 0.5) is 0 Å². The molecule has 0 N–H and O–H groups in total. The van der Waals surface area contributed by atoms with E-state index in [4.69, 9.17) is 9.15 Å². The molecule has 15 heavy (non-hydrogen) atoms. The number of hydrogen-bond donors (Lipinski definition) is 0. The van der Waals surface area contributed by atoms with Crippen molar-refractivity contribution in [2.75, 3.05) is 7.11 Å². The number of benzene rings is 1. The lowest BCUT2D eigenvalue weighted by Gasteiger charge is -2.08. The smallest absolute Gasteiger partial charge is 0.247 e. The fourth-order valence-electron chi connectivity index (χ4n) is 1.34. The van der Waals surface area contributed by atoms with Gasteiger partial charge in [-0.25, -0.2) is 0 Å². The van der Waals surface area contributed by atoms with Crippen molar-refractivity contribution in [3.8, 4) is 17.2 Å². The molecule has 1 aromatic carbocycles. The van der Waals surface area contributed by atoms with Gasteiger partial charge in [0.2, 0.25) is 12.3 Å². The van der Waals surface area contributed by atoms with E-state index in [0.29, 0.717) is 5.89 Å². The van der Waals surface area contributed by atoms with Crippen molar-refractivity contribution in [1.29, 1.82) is 0 Å². The van der Waals surface area contributed by atoms with Crippen LogP contribution in [0.15, 0.2) is 27.4 Å². The van der Waals surface area contributed by atoms with E-state index in [1.54, 1.807) is 7.11 Å². The molecule has 4 nitrogen and oxygen atoms in total. The Kier molecular flexibility index (Phi) is 2.73. The SMILES string of the molecule is COc1ccc(-c2nnco2)c(C)c1Br. The minimum atomic E-state index is 0.510. The minimum Gasteiger partial charge on any atom is -0.496 e. The molecule has 0 saturated heterocycles. The fraction of sp³-hybridized carbons (Fsp3) is 0.200. The normalized spacial score (nSPS) is 10.3. The topological polar surface area (TPSA) is 48.2 Å². The number of halogens is 1. The molecule has 5 heteroatoms. The zero-order chi connectivity index (χ0) is 10.8. The summed E-state index contributed by atoms with van der Waals surface area (Å²) < 4.78 is 11.2. The van der Waals surface area contributed by atoms with Gasteiger partial charge >= 0.3 is 0 Å². The number of methoxy groups -OCH3 is 1. The van der Waals surface area contributed by atoms with Gasteiger partial charge < -0.3 is 9.15 Å². The summed E-state index contributed by atoms with van der Waals surface area (Å²) in [6, 6.07) is 3.75. The molecule has 1 aromatic heterocycles. The third kappa shape index (κ3) is 1.74. The number of ether oxygens (including phenoxy) is 1. The predicted octanol–water partition coefficient (Wildman–Crippen LogP) is 2.82. The molecule has 1 heterocycles. The Bertz CT molecular complexity index is 469. The average Bonchev–Trinajstić information content (AvgIpc) is 2.75. The zero-order valence-electron chi connectivity index (χ0n) is 8.32. The van der Waals surface area contributed by atoms with Gasteiger partial charge in [-0.1, -0.05) is 0 Å². The molecule has 0 unspecified atom stereocenters. The molecule has 0 bridgehead atoms. The Morgan fingerprint density at radius 3 is 2.80 bits per heavy atom. The summed E-state index contributed by atoms with van der Waals surface area (Å²) in [6.07, 6.45) is 1.31. The van der Waals surface area contributed by atoms with Gasteiger partial charge in [0.25, 0.3) is 0 Å². The second kappa shape index (κ2) is 4.02. The monoisotopic (exact) mass is 268 g/mol. The van der Waals surface area contributed by atoms with Crippen molar-refractivity contribution in [3.63, 3.8) is 0 Å². The van der Waals surface area contributed by atoms with Gasteiger partial charge in [-0.2, -0.15) is 0 Å². The van der Waals surface area contributed by atoms with Gasteiger partial charge in [0.05, 0.1) is 11.6 Å². The lowest BCUT2D eigenvalue weighted by molar-refractivity contribution is 0.411. The summed E-state index contributed by atoms with van der Waals surface area (Å²) in [5.74, 6) is 1.30. The molecule has 0 amide bonds. The van der Waals surface area contributed by atoms with Crippen LogP contribution in [0.1, 0.15) is 5.56 Å². The van der Waals surface area contributed by atoms with Crippen molar-refractivity contribution in [1.82, 2.24) is 10.2 Å². The summed E-state index contributed by atoms with van der Waals surface area (Å²) in [5, 5.41) is 7.51. The summed E-state index contributed by atoms with van der Waals surface area (Å²) in [7, 11) is 1.63. The Balaban J connectivity index is 2.56. The lowest BCUT2D eigenvalue weighted by atomic mass is 10.1. The molecule has 2 rings (SSSR count). The molecular formula is C10H9BrN2O2. The maximum absolute atomic E-state index is 5.18. The quantitative estimate of drug-likeness (QED) is 0.841. The highest BCUT2D eigenvalue weighted by molar-refractivity contribution is 9.10. The lowest BCUT2D eigenvalue weighted by Crippen LogP contribution is -1.90. The Labute approximate surface area is 95.4 Å². The highest BCUT2D eigenvalue weighted by Crippen LogP contribution is 2.34. The molecule has 2 aromatic rings. The van der Waals surface area contributed by atoms with Crippen LogP contribution in [-0.4, -0.2) is 17.3 Å². The van der Waals surface area contributed by atoms with Gasteiger partial charge in [-0.3, -0.25) is 0 Å². The van der Waals surface area contributed by atoms with Crippen LogP contribution in [0.5, 0.6) is 5.75 Å². The minimum absolute atomic E-state index is 0.510. The molecule has 0 aliphatic rings. The largest absolute Gasteiger partial charge is 0.496 e. The molecule has 0 spiro atoms. The average molecular weight is 269 g/mol. The molecule has 0 saturated carbocycles. The summed E-state index contributed by atoms with van der Waals surface area (Å²) >= 11 is 3.46. The number of nitrogens with zero attached hydrogens (tertiary/aromatic N) is 2. The Morgan fingerprint density at radius 2 is 2.20 bits per heavy atom. The highest BCUT2D eigenvalue weighted by atomic mass is 79.9. The first-order chi connectivity index (χ1) is 7.24. The van der Waals surface area contributed by atoms with Crippen LogP contribution in [0.2, 0.25) is 0 Å². The Hall–Kier alpha value is -1.36. The van der Waals surface area contributed by atoms with Gasteiger partial charge in [0.15, 0.2) is 0 Å². The molecule has 78 valence electrons. The molecule has 0 aliphatic carbocycles. The van der Waals surface area contributed by atoms with Crippen molar-refractivity contribution >= 4 is 15.9 Å².